The second-order valence-electron chi connectivity index (χ2n) is 3.78. The highest BCUT2D eigenvalue weighted by molar-refractivity contribution is 5.94. The lowest BCUT2D eigenvalue weighted by Gasteiger charge is -2.14. The van der Waals surface area contributed by atoms with E-state index in [1.165, 1.54) is 0 Å². The fourth-order valence-corrected chi connectivity index (χ4v) is 1.73. The van der Waals surface area contributed by atoms with E-state index >= 15 is 0 Å². The van der Waals surface area contributed by atoms with Gasteiger partial charge in [-0.05, 0) is 31.9 Å². The maximum Gasteiger partial charge on any atom is 0.254 e. The van der Waals surface area contributed by atoms with Crippen molar-refractivity contribution in [3.63, 3.8) is 0 Å². The Labute approximate surface area is 84.5 Å². The minimum atomic E-state index is 0.127. The van der Waals surface area contributed by atoms with Gasteiger partial charge in [-0.1, -0.05) is 17.7 Å². The van der Waals surface area contributed by atoms with Gasteiger partial charge in [-0.2, -0.15) is 0 Å². The first-order valence-corrected chi connectivity index (χ1v) is 5.05. The molecule has 2 nitrogen and oxygen atoms in total. The number of amides is 1. The molecule has 0 aromatic heterocycles. The zero-order valence-corrected chi connectivity index (χ0v) is 8.42. The number of hydrogen-bond donors (Lipinski definition) is 0. The molecule has 2 heteroatoms. The molecule has 14 heavy (non-hydrogen) atoms. The van der Waals surface area contributed by atoms with E-state index in [2.05, 4.69) is 6.07 Å². The molecule has 0 spiro atoms. The number of carbonyl (C=O) groups excluding carboxylic acids is 1. The number of carbonyl (C=O) groups is 1. The van der Waals surface area contributed by atoms with E-state index in [1.807, 2.05) is 30.0 Å². The molecule has 1 aromatic carbocycles. The van der Waals surface area contributed by atoms with Crippen molar-refractivity contribution in [3.05, 3.63) is 35.4 Å². The summed E-state index contributed by atoms with van der Waals surface area (Å²) in [5, 5.41) is 0. The lowest BCUT2D eigenvalue weighted by atomic mass is 10.1. The molecule has 0 atom stereocenters. The third-order valence-corrected chi connectivity index (χ3v) is 2.59. The van der Waals surface area contributed by atoms with Crippen LogP contribution in [0.3, 0.4) is 0 Å². The number of likely N-dealkylation sites (tertiary alicyclic amines) is 1. The molecule has 0 saturated carbocycles. The molecule has 0 aliphatic carbocycles. The molecule has 0 unspecified atom stereocenters. The molecule has 0 bridgehead atoms. The second kappa shape index (κ2) is 3.82. The van der Waals surface area contributed by atoms with Crippen LogP contribution < -0.4 is 0 Å². The number of aryl methyl sites for hydroxylation is 1. The molecule has 2 rings (SSSR count). The summed E-state index contributed by atoms with van der Waals surface area (Å²) >= 11 is 0. The van der Waals surface area contributed by atoms with E-state index in [4.69, 9.17) is 0 Å². The number of rotatable bonds is 1. The third kappa shape index (κ3) is 1.79. The predicted molar refractivity (Wildman–Crippen MR) is 55.2 cm³/mol. The SMILES string of the molecule is Cc1c[c]c(C(=O)N2CCCC2)cc1. The van der Waals surface area contributed by atoms with Crippen LogP contribution in [-0.4, -0.2) is 23.9 Å². The second-order valence-corrected chi connectivity index (χ2v) is 3.78. The van der Waals surface area contributed by atoms with E-state index in [9.17, 15) is 4.79 Å². The van der Waals surface area contributed by atoms with Crippen LogP contribution in [0.15, 0.2) is 18.2 Å². The Morgan fingerprint density at radius 2 is 2.07 bits per heavy atom. The van der Waals surface area contributed by atoms with Crippen LogP contribution in [0.5, 0.6) is 0 Å². The van der Waals surface area contributed by atoms with Gasteiger partial charge in [-0.3, -0.25) is 4.79 Å². The molecular weight excluding hydrogens is 174 g/mol. The normalized spacial score (nSPS) is 15.9. The molecule has 1 amide bonds. The van der Waals surface area contributed by atoms with Gasteiger partial charge >= 0.3 is 0 Å². The van der Waals surface area contributed by atoms with Crippen molar-refractivity contribution in [1.29, 1.82) is 0 Å². The Hall–Kier alpha value is -1.31. The van der Waals surface area contributed by atoms with Crippen LogP contribution in [0.4, 0.5) is 0 Å². The standard InChI is InChI=1S/C12H14NO/c1-10-4-6-11(7-5-10)12(14)13-8-2-3-9-13/h4-6H,2-3,8-9H2,1H3. The highest BCUT2D eigenvalue weighted by Gasteiger charge is 2.18. The maximum absolute atomic E-state index is 11.9. The Balaban J connectivity index is 2.14. The van der Waals surface area contributed by atoms with E-state index in [1.54, 1.807) is 0 Å². The Bertz CT molecular complexity index is 323. The summed E-state index contributed by atoms with van der Waals surface area (Å²) in [6.45, 7) is 3.81. The van der Waals surface area contributed by atoms with E-state index in [0.717, 1.165) is 31.5 Å². The summed E-state index contributed by atoms with van der Waals surface area (Å²) in [5.74, 6) is 0.127. The van der Waals surface area contributed by atoms with Crippen molar-refractivity contribution in [2.45, 2.75) is 19.8 Å². The summed E-state index contributed by atoms with van der Waals surface area (Å²) < 4.78 is 0. The van der Waals surface area contributed by atoms with Crippen LogP contribution in [0.1, 0.15) is 28.8 Å². The van der Waals surface area contributed by atoms with Gasteiger partial charge in [-0.25, -0.2) is 0 Å². The average Bonchev–Trinajstić information content (AvgIpc) is 2.71. The van der Waals surface area contributed by atoms with Crippen LogP contribution in [0.2, 0.25) is 0 Å². The van der Waals surface area contributed by atoms with E-state index in [-0.39, 0.29) is 5.91 Å². The van der Waals surface area contributed by atoms with Crippen LogP contribution in [-0.2, 0) is 0 Å². The fraction of sp³-hybridized carbons (Fsp3) is 0.417. The maximum atomic E-state index is 11.9. The number of hydrogen-bond acceptors (Lipinski definition) is 1. The Morgan fingerprint density at radius 1 is 1.36 bits per heavy atom. The molecule has 73 valence electrons. The summed E-state index contributed by atoms with van der Waals surface area (Å²) in [6, 6.07) is 8.70. The molecule has 1 radical (unpaired) electrons. The van der Waals surface area contributed by atoms with E-state index < -0.39 is 0 Å². The van der Waals surface area contributed by atoms with Crippen molar-refractivity contribution in [3.8, 4) is 0 Å². The average molecular weight is 188 g/mol. The van der Waals surface area contributed by atoms with Gasteiger partial charge in [-0.15, -0.1) is 0 Å². The largest absolute Gasteiger partial charge is 0.339 e. The van der Waals surface area contributed by atoms with Crippen molar-refractivity contribution in [2.75, 3.05) is 13.1 Å². The minimum absolute atomic E-state index is 0.127. The molecule has 1 aliphatic rings. The van der Waals surface area contributed by atoms with Crippen LogP contribution >= 0.6 is 0 Å². The van der Waals surface area contributed by atoms with Gasteiger partial charge in [0.2, 0.25) is 0 Å². The van der Waals surface area contributed by atoms with Crippen molar-refractivity contribution in [1.82, 2.24) is 4.90 Å². The molecule has 1 aliphatic heterocycles. The molecule has 1 aromatic rings. The summed E-state index contributed by atoms with van der Waals surface area (Å²) in [7, 11) is 0. The van der Waals surface area contributed by atoms with Gasteiger partial charge in [0.05, 0.1) is 0 Å². The summed E-state index contributed by atoms with van der Waals surface area (Å²) in [6.07, 6.45) is 2.27. The van der Waals surface area contributed by atoms with Gasteiger partial charge in [0.1, 0.15) is 0 Å². The van der Waals surface area contributed by atoms with Crippen molar-refractivity contribution < 1.29 is 4.79 Å². The quantitative estimate of drug-likeness (QED) is 0.660. The molecule has 1 saturated heterocycles. The minimum Gasteiger partial charge on any atom is -0.339 e. The highest BCUT2D eigenvalue weighted by Crippen LogP contribution is 2.12. The molecule has 1 fully saturated rings. The molecular formula is C12H14NO. The van der Waals surface area contributed by atoms with Crippen LogP contribution in [0.25, 0.3) is 0 Å². The first-order valence-electron chi connectivity index (χ1n) is 5.05. The summed E-state index contributed by atoms with van der Waals surface area (Å²) in [5.41, 5.74) is 1.83. The Morgan fingerprint density at radius 3 is 2.64 bits per heavy atom. The van der Waals surface area contributed by atoms with Gasteiger partial charge < -0.3 is 4.90 Å². The highest BCUT2D eigenvalue weighted by atomic mass is 16.2. The topological polar surface area (TPSA) is 20.3 Å². The zero-order chi connectivity index (χ0) is 9.97. The number of nitrogens with zero attached hydrogens (tertiary/aromatic N) is 1. The molecule has 1 heterocycles. The third-order valence-electron chi connectivity index (χ3n) is 2.59. The molecule has 0 N–H and O–H groups in total. The van der Waals surface area contributed by atoms with Gasteiger partial charge in [0.15, 0.2) is 0 Å². The number of benzene rings is 1. The van der Waals surface area contributed by atoms with E-state index in [0.29, 0.717) is 5.56 Å². The van der Waals surface area contributed by atoms with Crippen molar-refractivity contribution >= 4 is 5.91 Å². The summed E-state index contributed by atoms with van der Waals surface area (Å²) in [4.78, 5) is 13.8. The Kier molecular flexibility index (Phi) is 2.53. The van der Waals surface area contributed by atoms with Crippen molar-refractivity contribution in [2.24, 2.45) is 0 Å². The first kappa shape index (κ1) is 9.25. The fourth-order valence-electron chi connectivity index (χ4n) is 1.73. The monoisotopic (exact) mass is 188 g/mol. The smallest absolute Gasteiger partial charge is 0.254 e. The first-order chi connectivity index (χ1) is 6.77. The zero-order valence-electron chi connectivity index (χ0n) is 8.42. The predicted octanol–water partition coefficient (Wildman–Crippen LogP) is 2.03. The van der Waals surface area contributed by atoms with Crippen LogP contribution in [0, 0.1) is 13.0 Å². The van der Waals surface area contributed by atoms with Gasteiger partial charge in [0, 0.05) is 18.7 Å². The van der Waals surface area contributed by atoms with Gasteiger partial charge in [0.25, 0.3) is 5.91 Å². The lowest BCUT2D eigenvalue weighted by Crippen LogP contribution is -2.27. The lowest BCUT2D eigenvalue weighted by molar-refractivity contribution is 0.0792.